The molecule has 3 rings (SSSR count). The molecule has 0 aromatic heterocycles. The summed E-state index contributed by atoms with van der Waals surface area (Å²) in [6.07, 6.45) is 4.56. The van der Waals surface area contributed by atoms with Crippen LogP contribution in [-0.4, -0.2) is 37.0 Å². The summed E-state index contributed by atoms with van der Waals surface area (Å²) in [7, 11) is 0. The van der Waals surface area contributed by atoms with E-state index in [-0.39, 0.29) is 48.1 Å². The van der Waals surface area contributed by atoms with Gasteiger partial charge in [0.05, 0.1) is 5.92 Å². The molecule has 6 heteroatoms. The molecule has 0 bridgehead atoms. The number of benzene rings is 1. The topological polar surface area (TPSA) is 61.4 Å². The van der Waals surface area contributed by atoms with Gasteiger partial charge < -0.3 is 15.5 Å². The Hall–Kier alpha value is -1.59. The number of carbonyl (C=O) groups is 2. The van der Waals surface area contributed by atoms with Crippen LogP contribution in [0.3, 0.4) is 0 Å². The average molecular weight is 408 g/mol. The maximum absolute atomic E-state index is 13.5. The standard InChI is InChI=1S/C22H33N3O2.ClH/c1-4-23-15(2)14-24-21(26)18-10-6-7-11-19(18)22(27)25-16(3)13-17-9-5-8-12-20(17)25;/h5,8-9,12,15-16,18-19,23H,4,6-7,10-11,13-14H2,1-3H3,(H,24,26);1H/t15-,16?,18?,19?;/m1./s1. The first-order chi connectivity index (χ1) is 13.0. The SMILES string of the molecule is CCN[C@H](C)CNC(=O)C1CCCCC1C(=O)N1c2ccccc2CC1C.Cl. The van der Waals surface area contributed by atoms with Crippen molar-refractivity contribution in [3.05, 3.63) is 29.8 Å². The van der Waals surface area contributed by atoms with Crippen LogP contribution in [0.25, 0.3) is 0 Å². The van der Waals surface area contributed by atoms with E-state index >= 15 is 0 Å². The van der Waals surface area contributed by atoms with Gasteiger partial charge in [-0.1, -0.05) is 38.0 Å². The molecule has 1 aliphatic heterocycles. The number of hydrogen-bond acceptors (Lipinski definition) is 3. The summed E-state index contributed by atoms with van der Waals surface area (Å²) >= 11 is 0. The van der Waals surface area contributed by atoms with Crippen molar-refractivity contribution in [2.24, 2.45) is 11.8 Å². The zero-order valence-corrected chi connectivity index (χ0v) is 18.1. The van der Waals surface area contributed by atoms with Gasteiger partial charge in [-0.2, -0.15) is 0 Å². The molecular formula is C22H34ClN3O2. The number of likely N-dealkylation sites (N-methyl/N-ethyl adjacent to an activating group) is 1. The van der Waals surface area contributed by atoms with Crippen molar-refractivity contribution in [2.75, 3.05) is 18.0 Å². The molecule has 1 aromatic rings. The van der Waals surface area contributed by atoms with Crippen LogP contribution in [0.4, 0.5) is 5.69 Å². The van der Waals surface area contributed by atoms with Crippen LogP contribution in [0.15, 0.2) is 24.3 Å². The number of nitrogens with one attached hydrogen (secondary N) is 2. The predicted octanol–water partition coefficient (Wildman–Crippen LogP) is 3.31. The predicted molar refractivity (Wildman–Crippen MR) is 116 cm³/mol. The van der Waals surface area contributed by atoms with Crippen LogP contribution in [0.2, 0.25) is 0 Å². The third-order valence-electron chi connectivity index (χ3n) is 6.00. The molecule has 2 aliphatic rings. The van der Waals surface area contributed by atoms with Gasteiger partial charge in [0.15, 0.2) is 0 Å². The molecule has 0 spiro atoms. The first-order valence-electron chi connectivity index (χ1n) is 10.4. The Morgan fingerprint density at radius 3 is 2.57 bits per heavy atom. The second-order valence-electron chi connectivity index (χ2n) is 8.09. The molecule has 2 N–H and O–H groups in total. The molecule has 5 nitrogen and oxygen atoms in total. The van der Waals surface area contributed by atoms with Gasteiger partial charge in [-0.25, -0.2) is 0 Å². The highest BCUT2D eigenvalue weighted by Crippen LogP contribution is 2.38. The summed E-state index contributed by atoms with van der Waals surface area (Å²) in [5.74, 6) is -0.244. The number of halogens is 1. The lowest BCUT2D eigenvalue weighted by Crippen LogP contribution is -2.48. The van der Waals surface area contributed by atoms with Gasteiger partial charge in [-0.3, -0.25) is 9.59 Å². The Balaban J connectivity index is 0.00000280. The summed E-state index contributed by atoms with van der Waals surface area (Å²) in [4.78, 5) is 28.3. The van der Waals surface area contributed by atoms with E-state index in [0.717, 1.165) is 44.3 Å². The maximum Gasteiger partial charge on any atom is 0.231 e. The molecule has 1 heterocycles. The van der Waals surface area contributed by atoms with Crippen molar-refractivity contribution in [1.82, 2.24) is 10.6 Å². The highest BCUT2D eigenvalue weighted by Gasteiger charge is 2.41. The minimum absolute atomic E-state index is 0. The fourth-order valence-corrected chi connectivity index (χ4v) is 4.63. The largest absolute Gasteiger partial charge is 0.354 e. The van der Waals surface area contributed by atoms with Gasteiger partial charge in [0, 0.05) is 30.2 Å². The van der Waals surface area contributed by atoms with Crippen LogP contribution in [0.1, 0.15) is 52.0 Å². The van der Waals surface area contributed by atoms with Crippen LogP contribution in [0.5, 0.6) is 0 Å². The third-order valence-corrected chi connectivity index (χ3v) is 6.00. The lowest BCUT2D eigenvalue weighted by molar-refractivity contribution is -0.135. The quantitative estimate of drug-likeness (QED) is 0.760. The summed E-state index contributed by atoms with van der Waals surface area (Å²) < 4.78 is 0. The highest BCUT2D eigenvalue weighted by atomic mass is 35.5. The van der Waals surface area contributed by atoms with E-state index in [4.69, 9.17) is 0 Å². The van der Waals surface area contributed by atoms with Crippen molar-refractivity contribution in [2.45, 2.75) is 65.0 Å². The minimum Gasteiger partial charge on any atom is -0.354 e. The van der Waals surface area contributed by atoms with Crippen LogP contribution < -0.4 is 15.5 Å². The third kappa shape index (κ3) is 4.87. The van der Waals surface area contributed by atoms with Crippen molar-refractivity contribution in [1.29, 1.82) is 0 Å². The van der Waals surface area contributed by atoms with Gasteiger partial charge in [0.1, 0.15) is 0 Å². The Morgan fingerprint density at radius 1 is 1.18 bits per heavy atom. The number of anilines is 1. The van der Waals surface area contributed by atoms with Crippen LogP contribution in [0, 0.1) is 11.8 Å². The lowest BCUT2D eigenvalue weighted by Gasteiger charge is -2.34. The van der Waals surface area contributed by atoms with Crippen molar-refractivity contribution >= 4 is 29.9 Å². The minimum atomic E-state index is -0.208. The monoisotopic (exact) mass is 407 g/mol. The molecule has 4 atom stereocenters. The van der Waals surface area contributed by atoms with Gasteiger partial charge in [0.2, 0.25) is 11.8 Å². The van der Waals surface area contributed by atoms with Crippen molar-refractivity contribution in [3.63, 3.8) is 0 Å². The molecule has 28 heavy (non-hydrogen) atoms. The second kappa shape index (κ2) is 10.3. The first-order valence-corrected chi connectivity index (χ1v) is 10.4. The zero-order chi connectivity index (χ0) is 19.4. The zero-order valence-electron chi connectivity index (χ0n) is 17.2. The van der Waals surface area contributed by atoms with Gasteiger partial charge in [-0.15, -0.1) is 12.4 Å². The molecular weight excluding hydrogens is 374 g/mol. The fraction of sp³-hybridized carbons (Fsp3) is 0.636. The molecule has 1 aliphatic carbocycles. The molecule has 0 saturated heterocycles. The molecule has 2 amide bonds. The van der Waals surface area contributed by atoms with Gasteiger partial charge in [0.25, 0.3) is 0 Å². The van der Waals surface area contributed by atoms with E-state index in [9.17, 15) is 9.59 Å². The number of fused-ring (bicyclic) bond motifs is 1. The summed E-state index contributed by atoms with van der Waals surface area (Å²) in [5, 5.41) is 6.38. The van der Waals surface area contributed by atoms with Gasteiger partial charge >= 0.3 is 0 Å². The Labute approximate surface area is 175 Å². The van der Waals surface area contributed by atoms with Crippen molar-refractivity contribution < 1.29 is 9.59 Å². The summed E-state index contributed by atoms with van der Waals surface area (Å²) in [6.45, 7) is 7.72. The molecule has 1 saturated carbocycles. The number of nitrogens with zero attached hydrogens (tertiary/aromatic N) is 1. The first kappa shape index (κ1) is 22.7. The van der Waals surface area contributed by atoms with E-state index in [1.165, 1.54) is 5.56 Å². The highest BCUT2D eigenvalue weighted by molar-refractivity contribution is 6.00. The molecule has 0 radical (unpaired) electrons. The normalized spacial score (nSPS) is 24.8. The maximum atomic E-state index is 13.5. The molecule has 156 valence electrons. The number of hydrogen-bond donors (Lipinski definition) is 2. The van der Waals surface area contributed by atoms with E-state index in [1.807, 2.05) is 23.1 Å². The Morgan fingerprint density at radius 2 is 1.86 bits per heavy atom. The fourth-order valence-electron chi connectivity index (χ4n) is 4.63. The summed E-state index contributed by atoms with van der Waals surface area (Å²) in [5.41, 5.74) is 2.26. The Bertz CT molecular complexity index is 682. The number of amides is 2. The van der Waals surface area contributed by atoms with E-state index < -0.39 is 0 Å². The molecule has 1 fully saturated rings. The van der Waals surface area contributed by atoms with Gasteiger partial charge in [-0.05, 0) is 51.3 Å². The lowest BCUT2D eigenvalue weighted by atomic mass is 9.77. The number of para-hydroxylation sites is 1. The van der Waals surface area contributed by atoms with Crippen molar-refractivity contribution in [3.8, 4) is 0 Å². The number of carbonyl (C=O) groups excluding carboxylic acids is 2. The van der Waals surface area contributed by atoms with Crippen LogP contribution in [-0.2, 0) is 16.0 Å². The molecule has 1 aromatic carbocycles. The average Bonchev–Trinajstić information content (AvgIpc) is 3.01. The van der Waals surface area contributed by atoms with Crippen LogP contribution >= 0.6 is 12.4 Å². The second-order valence-corrected chi connectivity index (χ2v) is 8.09. The van der Waals surface area contributed by atoms with E-state index in [1.54, 1.807) is 0 Å². The smallest absolute Gasteiger partial charge is 0.231 e. The molecule has 3 unspecified atom stereocenters. The van der Waals surface area contributed by atoms with E-state index in [2.05, 4.69) is 37.5 Å². The summed E-state index contributed by atoms with van der Waals surface area (Å²) in [6, 6.07) is 8.56. The Kier molecular flexibility index (Phi) is 8.32. The van der Waals surface area contributed by atoms with E-state index in [0.29, 0.717) is 6.54 Å². The number of rotatable bonds is 6.